The maximum absolute atomic E-state index is 9.60. The molecule has 0 aliphatic heterocycles. The van der Waals surface area contributed by atoms with E-state index in [1.807, 2.05) is 6.92 Å². The number of aliphatic hydroxyl groups excluding tert-OH is 1. The van der Waals surface area contributed by atoms with Gasteiger partial charge in [0.1, 0.15) is 0 Å². The number of nitrogens with zero attached hydrogens (tertiary/aromatic N) is 2. The fourth-order valence-corrected chi connectivity index (χ4v) is 1.34. The first-order valence-corrected chi connectivity index (χ1v) is 4.79. The third-order valence-electron chi connectivity index (χ3n) is 2.38. The Kier molecular flexibility index (Phi) is 2.31. The number of aryl methyl sites for hydroxylation is 1. The standard InChI is InChI=1S/C9H14N2O2/c1-2-8-10-9(13-11-8)5-7(12)6-3-4-6/h6-7,12H,2-5H2,1H3. The molecular weight excluding hydrogens is 168 g/mol. The van der Waals surface area contributed by atoms with Gasteiger partial charge in [0, 0.05) is 6.42 Å². The Hall–Kier alpha value is -0.900. The van der Waals surface area contributed by atoms with E-state index >= 15 is 0 Å². The van der Waals surface area contributed by atoms with Crippen LogP contribution in [0.15, 0.2) is 4.52 Å². The van der Waals surface area contributed by atoms with Crippen molar-refractivity contribution in [1.82, 2.24) is 10.1 Å². The van der Waals surface area contributed by atoms with Crippen LogP contribution in [-0.4, -0.2) is 21.4 Å². The molecule has 1 saturated carbocycles. The molecule has 0 spiro atoms. The number of aliphatic hydroxyl groups is 1. The monoisotopic (exact) mass is 182 g/mol. The van der Waals surface area contributed by atoms with Gasteiger partial charge in [-0.15, -0.1) is 0 Å². The topological polar surface area (TPSA) is 59.2 Å². The zero-order valence-electron chi connectivity index (χ0n) is 7.73. The molecule has 1 atom stereocenters. The van der Waals surface area contributed by atoms with Gasteiger partial charge >= 0.3 is 0 Å². The lowest BCUT2D eigenvalue weighted by Gasteiger charge is -2.03. The Morgan fingerprint density at radius 3 is 2.92 bits per heavy atom. The molecule has 0 aromatic carbocycles. The van der Waals surface area contributed by atoms with Crippen LogP contribution in [0.4, 0.5) is 0 Å². The van der Waals surface area contributed by atoms with E-state index in [1.165, 1.54) is 0 Å². The molecule has 0 saturated heterocycles. The molecule has 2 rings (SSSR count). The third-order valence-corrected chi connectivity index (χ3v) is 2.38. The molecule has 1 heterocycles. The van der Waals surface area contributed by atoms with E-state index in [-0.39, 0.29) is 6.10 Å². The van der Waals surface area contributed by atoms with Gasteiger partial charge in [0.25, 0.3) is 0 Å². The van der Waals surface area contributed by atoms with Crippen molar-refractivity contribution < 1.29 is 9.63 Å². The van der Waals surface area contributed by atoms with E-state index in [2.05, 4.69) is 10.1 Å². The summed E-state index contributed by atoms with van der Waals surface area (Å²) in [6.07, 6.45) is 3.28. The van der Waals surface area contributed by atoms with Crippen LogP contribution in [0, 0.1) is 5.92 Å². The summed E-state index contributed by atoms with van der Waals surface area (Å²) in [5.74, 6) is 1.76. The van der Waals surface area contributed by atoms with Gasteiger partial charge in [-0.3, -0.25) is 0 Å². The SMILES string of the molecule is CCc1noc(CC(O)C2CC2)n1. The highest BCUT2D eigenvalue weighted by molar-refractivity contribution is 4.91. The second-order valence-corrected chi connectivity index (χ2v) is 3.57. The quantitative estimate of drug-likeness (QED) is 0.753. The minimum atomic E-state index is -0.287. The van der Waals surface area contributed by atoms with Crippen LogP contribution in [0.3, 0.4) is 0 Å². The van der Waals surface area contributed by atoms with Crippen LogP contribution in [0.5, 0.6) is 0 Å². The van der Waals surface area contributed by atoms with Crippen LogP contribution < -0.4 is 0 Å². The summed E-state index contributed by atoms with van der Waals surface area (Å²) < 4.78 is 4.98. The molecule has 0 radical (unpaired) electrons. The van der Waals surface area contributed by atoms with Crippen molar-refractivity contribution in [3.63, 3.8) is 0 Å². The van der Waals surface area contributed by atoms with E-state index in [1.54, 1.807) is 0 Å². The Morgan fingerprint density at radius 2 is 2.38 bits per heavy atom. The molecule has 1 fully saturated rings. The lowest BCUT2D eigenvalue weighted by molar-refractivity contribution is 0.140. The van der Waals surface area contributed by atoms with Crippen molar-refractivity contribution in [3.05, 3.63) is 11.7 Å². The first kappa shape index (κ1) is 8.69. The summed E-state index contributed by atoms with van der Waals surface area (Å²) in [5.41, 5.74) is 0. The van der Waals surface area contributed by atoms with Crippen LogP contribution in [0.2, 0.25) is 0 Å². The molecule has 0 amide bonds. The van der Waals surface area contributed by atoms with Gasteiger partial charge in [-0.25, -0.2) is 0 Å². The van der Waals surface area contributed by atoms with E-state index in [0.29, 0.717) is 18.2 Å². The van der Waals surface area contributed by atoms with Crippen molar-refractivity contribution in [2.45, 2.75) is 38.7 Å². The molecule has 1 aliphatic rings. The fourth-order valence-electron chi connectivity index (χ4n) is 1.34. The minimum Gasteiger partial charge on any atom is -0.392 e. The summed E-state index contributed by atoms with van der Waals surface area (Å²) in [5, 5.41) is 13.4. The highest BCUT2D eigenvalue weighted by Gasteiger charge is 2.30. The summed E-state index contributed by atoms with van der Waals surface area (Å²) in [7, 11) is 0. The van der Waals surface area contributed by atoms with Crippen molar-refractivity contribution >= 4 is 0 Å². The summed E-state index contributed by atoms with van der Waals surface area (Å²) in [4.78, 5) is 4.14. The van der Waals surface area contributed by atoms with E-state index in [4.69, 9.17) is 4.52 Å². The molecule has 1 aromatic rings. The Morgan fingerprint density at radius 1 is 1.62 bits per heavy atom. The van der Waals surface area contributed by atoms with Crippen LogP contribution in [0.25, 0.3) is 0 Å². The maximum Gasteiger partial charge on any atom is 0.229 e. The number of aromatic nitrogens is 2. The lowest BCUT2D eigenvalue weighted by atomic mass is 10.2. The lowest BCUT2D eigenvalue weighted by Crippen LogP contribution is -2.12. The van der Waals surface area contributed by atoms with Gasteiger partial charge in [-0.1, -0.05) is 12.1 Å². The zero-order chi connectivity index (χ0) is 9.26. The Bertz CT molecular complexity index is 281. The third kappa shape index (κ3) is 2.06. The molecule has 1 aromatic heterocycles. The normalized spacial score (nSPS) is 18.9. The molecule has 1 aliphatic carbocycles. The molecule has 72 valence electrons. The molecular formula is C9H14N2O2. The van der Waals surface area contributed by atoms with Crippen molar-refractivity contribution in [3.8, 4) is 0 Å². The molecule has 4 nitrogen and oxygen atoms in total. The molecule has 0 bridgehead atoms. The van der Waals surface area contributed by atoms with Crippen LogP contribution in [-0.2, 0) is 12.8 Å². The van der Waals surface area contributed by atoms with Gasteiger partial charge in [-0.05, 0) is 18.8 Å². The van der Waals surface area contributed by atoms with Crippen molar-refractivity contribution in [2.75, 3.05) is 0 Å². The second kappa shape index (κ2) is 3.46. The maximum atomic E-state index is 9.60. The van der Waals surface area contributed by atoms with Crippen molar-refractivity contribution in [2.24, 2.45) is 5.92 Å². The average molecular weight is 182 g/mol. The highest BCUT2D eigenvalue weighted by Crippen LogP contribution is 2.33. The van der Waals surface area contributed by atoms with Gasteiger partial charge in [0.05, 0.1) is 12.5 Å². The Labute approximate surface area is 77.0 Å². The van der Waals surface area contributed by atoms with Gasteiger partial charge in [0.15, 0.2) is 5.82 Å². The van der Waals surface area contributed by atoms with Crippen LogP contribution >= 0.6 is 0 Å². The van der Waals surface area contributed by atoms with Crippen LogP contribution in [0.1, 0.15) is 31.5 Å². The second-order valence-electron chi connectivity index (χ2n) is 3.57. The molecule has 1 N–H and O–H groups in total. The molecule has 1 unspecified atom stereocenters. The van der Waals surface area contributed by atoms with Gasteiger partial charge in [-0.2, -0.15) is 4.98 Å². The summed E-state index contributed by atoms with van der Waals surface area (Å²) >= 11 is 0. The van der Waals surface area contributed by atoms with Gasteiger partial charge in [0.2, 0.25) is 5.89 Å². The number of hydrogen-bond acceptors (Lipinski definition) is 4. The zero-order valence-corrected chi connectivity index (χ0v) is 7.73. The van der Waals surface area contributed by atoms with E-state index in [0.717, 1.165) is 25.1 Å². The van der Waals surface area contributed by atoms with E-state index in [9.17, 15) is 5.11 Å². The first-order chi connectivity index (χ1) is 6.29. The minimum absolute atomic E-state index is 0.287. The number of hydrogen-bond donors (Lipinski definition) is 1. The summed E-state index contributed by atoms with van der Waals surface area (Å²) in [6.45, 7) is 1.98. The Balaban J connectivity index is 1.92. The first-order valence-electron chi connectivity index (χ1n) is 4.79. The van der Waals surface area contributed by atoms with Crippen molar-refractivity contribution in [1.29, 1.82) is 0 Å². The fraction of sp³-hybridized carbons (Fsp3) is 0.778. The predicted molar refractivity (Wildman–Crippen MR) is 46.1 cm³/mol. The average Bonchev–Trinajstić information content (AvgIpc) is 2.88. The highest BCUT2D eigenvalue weighted by atomic mass is 16.5. The summed E-state index contributed by atoms with van der Waals surface area (Å²) in [6, 6.07) is 0. The van der Waals surface area contributed by atoms with Gasteiger partial charge < -0.3 is 9.63 Å². The largest absolute Gasteiger partial charge is 0.392 e. The number of rotatable bonds is 4. The predicted octanol–water partition coefficient (Wildman–Crippen LogP) is 0.945. The molecule has 13 heavy (non-hydrogen) atoms. The smallest absolute Gasteiger partial charge is 0.229 e. The molecule has 4 heteroatoms. The van der Waals surface area contributed by atoms with E-state index < -0.39 is 0 Å².